The Morgan fingerprint density at radius 3 is 2.63 bits per heavy atom. The number of ether oxygens (including phenoxy) is 2. The fourth-order valence-electron chi connectivity index (χ4n) is 3.15. The van der Waals surface area contributed by atoms with Gasteiger partial charge in [-0.2, -0.15) is 0 Å². The van der Waals surface area contributed by atoms with Crippen molar-refractivity contribution in [1.82, 2.24) is 19.5 Å². The summed E-state index contributed by atoms with van der Waals surface area (Å²) in [5.74, 6) is 0.987. The topological polar surface area (TPSA) is 122 Å². The van der Waals surface area contributed by atoms with Gasteiger partial charge in [-0.05, 0) is 38.5 Å². The van der Waals surface area contributed by atoms with Crippen molar-refractivity contribution in [2.45, 2.75) is 38.9 Å². The molecule has 3 rings (SSSR count). The van der Waals surface area contributed by atoms with E-state index in [-0.39, 0.29) is 17.4 Å². The van der Waals surface area contributed by atoms with Gasteiger partial charge in [0.2, 0.25) is 0 Å². The number of sulfone groups is 1. The quantitative estimate of drug-likeness (QED) is 0.482. The van der Waals surface area contributed by atoms with Gasteiger partial charge >= 0.3 is 0 Å². The summed E-state index contributed by atoms with van der Waals surface area (Å²) in [4.78, 5) is 12.9. The first kappa shape index (κ1) is 22.1. The van der Waals surface area contributed by atoms with Crippen LogP contribution < -0.4 is 5.73 Å². The van der Waals surface area contributed by atoms with Crippen molar-refractivity contribution in [2.75, 3.05) is 31.3 Å². The normalized spacial score (nSPS) is 12.0. The van der Waals surface area contributed by atoms with E-state index in [4.69, 9.17) is 15.2 Å². The highest BCUT2D eigenvalue weighted by Gasteiger charge is 2.18. The molecule has 0 fully saturated rings. The highest BCUT2D eigenvalue weighted by Crippen LogP contribution is 2.26. The van der Waals surface area contributed by atoms with Gasteiger partial charge in [0.15, 0.2) is 20.7 Å². The van der Waals surface area contributed by atoms with Crippen molar-refractivity contribution < 1.29 is 17.9 Å². The molecule has 2 N–H and O–H groups in total. The Kier molecular flexibility index (Phi) is 7.01. The number of nitrogens with zero attached hydrogens (tertiary/aromatic N) is 4. The Bertz CT molecular complexity index is 1110. The summed E-state index contributed by atoms with van der Waals surface area (Å²) in [6.07, 6.45) is 1.46. The number of fused-ring (bicyclic) bond motifs is 1. The second-order valence-corrected chi connectivity index (χ2v) is 8.88. The van der Waals surface area contributed by atoms with Crippen molar-refractivity contribution >= 4 is 26.7 Å². The van der Waals surface area contributed by atoms with Gasteiger partial charge in [-0.15, -0.1) is 0 Å². The summed E-state index contributed by atoms with van der Waals surface area (Å²) in [6.45, 7) is 7.61. The molecule has 0 spiro atoms. The number of nitrogen functional groups attached to an aromatic ring is 1. The lowest BCUT2D eigenvalue weighted by Crippen LogP contribution is -2.16. The zero-order chi connectivity index (χ0) is 21.7. The largest absolute Gasteiger partial charge is 0.382 e. The molecule has 0 aromatic carbocycles. The van der Waals surface area contributed by atoms with Crippen molar-refractivity contribution in [3.05, 3.63) is 41.5 Å². The lowest BCUT2D eigenvalue weighted by molar-refractivity contribution is 0.118. The third kappa shape index (κ3) is 4.77. The zero-order valence-corrected chi connectivity index (χ0v) is 18.3. The van der Waals surface area contributed by atoms with Crippen molar-refractivity contribution in [1.29, 1.82) is 0 Å². The molecule has 0 atom stereocenters. The van der Waals surface area contributed by atoms with Gasteiger partial charge in [0.05, 0.1) is 24.5 Å². The molecule has 0 aliphatic rings. The van der Waals surface area contributed by atoms with Gasteiger partial charge in [-0.1, -0.05) is 6.07 Å². The fourth-order valence-corrected chi connectivity index (χ4v) is 4.21. The maximum absolute atomic E-state index is 12.3. The second kappa shape index (κ2) is 9.50. The molecule has 0 radical (unpaired) electrons. The van der Waals surface area contributed by atoms with Crippen LogP contribution in [0.15, 0.2) is 29.4 Å². The minimum Gasteiger partial charge on any atom is -0.382 e. The highest BCUT2D eigenvalue weighted by molar-refractivity contribution is 7.91. The molecule has 0 amide bonds. The van der Waals surface area contributed by atoms with E-state index in [1.165, 1.54) is 12.3 Å². The monoisotopic (exact) mass is 433 g/mol. The second-order valence-electron chi connectivity index (χ2n) is 6.82. The Labute approximate surface area is 176 Å². The Morgan fingerprint density at radius 2 is 1.93 bits per heavy atom. The summed E-state index contributed by atoms with van der Waals surface area (Å²) in [5, 5.41) is 0.0577. The Morgan fingerprint density at radius 1 is 1.13 bits per heavy atom. The lowest BCUT2D eigenvalue weighted by atomic mass is 10.2. The molecule has 3 heterocycles. The van der Waals surface area contributed by atoms with Crippen LogP contribution in [0.3, 0.4) is 0 Å². The average Bonchev–Trinajstić information content (AvgIpc) is 3.10. The molecule has 0 saturated heterocycles. The van der Waals surface area contributed by atoms with Crippen molar-refractivity contribution in [3.63, 3.8) is 0 Å². The van der Waals surface area contributed by atoms with Crippen LogP contribution in [0, 0.1) is 13.8 Å². The minimum atomic E-state index is -3.47. The predicted molar refractivity (Wildman–Crippen MR) is 114 cm³/mol. The van der Waals surface area contributed by atoms with Crippen LogP contribution in [0.1, 0.15) is 24.0 Å². The van der Waals surface area contributed by atoms with Gasteiger partial charge in [-0.3, -0.25) is 0 Å². The Balaban J connectivity index is 1.71. The molecule has 0 unspecified atom stereocenters. The van der Waals surface area contributed by atoms with E-state index in [9.17, 15) is 8.42 Å². The number of anilines is 1. The molecule has 0 aliphatic carbocycles. The molecule has 3 aromatic rings. The number of nitrogens with two attached hydrogens (primary N) is 1. The van der Waals surface area contributed by atoms with E-state index in [1.807, 2.05) is 25.3 Å². The molecule has 162 valence electrons. The summed E-state index contributed by atoms with van der Waals surface area (Å²) < 4.78 is 37.8. The molecule has 3 aromatic heterocycles. The summed E-state index contributed by atoms with van der Waals surface area (Å²) in [7, 11) is -3.47. The molecule has 10 heteroatoms. The van der Waals surface area contributed by atoms with Gasteiger partial charge < -0.3 is 19.8 Å². The number of aromatic nitrogens is 4. The summed E-state index contributed by atoms with van der Waals surface area (Å²) >= 11 is 0. The van der Waals surface area contributed by atoms with E-state index in [0.717, 1.165) is 22.6 Å². The molecule has 0 bridgehead atoms. The van der Waals surface area contributed by atoms with Crippen molar-refractivity contribution in [3.8, 4) is 0 Å². The SMILES string of the molecule is CCOCc1nc2c(N)nc(C)c(C)c2n1CCOCCS(=O)(=O)c1ccccn1. The minimum absolute atomic E-state index is 0.0577. The fraction of sp³-hybridized carbons (Fsp3) is 0.450. The van der Waals surface area contributed by atoms with Gasteiger partial charge in [0.25, 0.3) is 0 Å². The molecule has 9 nitrogen and oxygen atoms in total. The smallest absolute Gasteiger partial charge is 0.197 e. The Hall–Kier alpha value is -2.56. The van der Waals surface area contributed by atoms with E-state index in [1.54, 1.807) is 12.1 Å². The predicted octanol–water partition coefficient (Wildman–Crippen LogP) is 2.05. The summed E-state index contributed by atoms with van der Waals surface area (Å²) in [5.41, 5.74) is 9.46. The van der Waals surface area contributed by atoms with E-state index in [2.05, 4.69) is 15.0 Å². The maximum atomic E-state index is 12.3. The summed E-state index contributed by atoms with van der Waals surface area (Å²) in [6, 6.07) is 4.81. The highest BCUT2D eigenvalue weighted by atomic mass is 32.2. The van der Waals surface area contributed by atoms with Crippen LogP contribution in [-0.4, -0.2) is 53.5 Å². The first-order valence-electron chi connectivity index (χ1n) is 9.76. The number of rotatable bonds is 10. The van der Waals surface area contributed by atoms with Crippen LogP contribution in [0.25, 0.3) is 11.0 Å². The van der Waals surface area contributed by atoms with Crippen LogP contribution in [0.5, 0.6) is 0 Å². The maximum Gasteiger partial charge on any atom is 0.197 e. The molecular formula is C20H27N5O4S. The number of pyridine rings is 2. The van der Waals surface area contributed by atoms with Gasteiger partial charge in [0.1, 0.15) is 17.9 Å². The van der Waals surface area contributed by atoms with Crippen LogP contribution >= 0.6 is 0 Å². The average molecular weight is 434 g/mol. The van der Waals surface area contributed by atoms with E-state index < -0.39 is 9.84 Å². The van der Waals surface area contributed by atoms with Crippen LogP contribution in [0.2, 0.25) is 0 Å². The molecule has 30 heavy (non-hydrogen) atoms. The number of imidazole rings is 1. The number of aryl methyl sites for hydroxylation is 2. The van der Waals surface area contributed by atoms with Gasteiger partial charge in [-0.25, -0.2) is 23.4 Å². The zero-order valence-electron chi connectivity index (χ0n) is 17.5. The number of hydrogen-bond acceptors (Lipinski definition) is 8. The van der Waals surface area contributed by atoms with E-state index >= 15 is 0 Å². The lowest BCUT2D eigenvalue weighted by Gasteiger charge is -2.12. The standard InChI is InChI=1S/C20H27N5O4S/c1-4-28-13-16-24-18-19(14(2)15(3)23-20(18)21)25(16)9-10-29-11-12-30(26,27)17-7-5-6-8-22-17/h5-8H,4,9-13H2,1-3H3,(H2,21,23). The third-order valence-electron chi connectivity index (χ3n) is 4.82. The molecule has 0 saturated carbocycles. The molecular weight excluding hydrogens is 406 g/mol. The van der Waals surface area contributed by atoms with E-state index in [0.29, 0.717) is 37.7 Å². The van der Waals surface area contributed by atoms with Crippen LogP contribution in [0.4, 0.5) is 5.82 Å². The first-order chi connectivity index (χ1) is 14.3. The molecule has 0 aliphatic heterocycles. The number of hydrogen-bond donors (Lipinski definition) is 1. The first-order valence-corrected chi connectivity index (χ1v) is 11.4. The van der Waals surface area contributed by atoms with Crippen LogP contribution in [-0.2, 0) is 32.5 Å². The van der Waals surface area contributed by atoms with Crippen molar-refractivity contribution in [2.24, 2.45) is 0 Å². The third-order valence-corrected chi connectivity index (χ3v) is 6.41. The van der Waals surface area contributed by atoms with Gasteiger partial charge in [0, 0.05) is 25.0 Å².